The average Bonchev–Trinajstić information content (AvgIpc) is 3.67. The van der Waals surface area contributed by atoms with Crippen LogP contribution in [0.4, 0.5) is 0 Å². The first-order chi connectivity index (χ1) is 23.7. The summed E-state index contributed by atoms with van der Waals surface area (Å²) in [6.07, 6.45) is 0. The van der Waals surface area contributed by atoms with Crippen LogP contribution in [-0.4, -0.2) is 9.13 Å². The third-order valence-corrected chi connectivity index (χ3v) is 9.41. The van der Waals surface area contributed by atoms with Crippen LogP contribution in [0, 0.1) is 22.7 Å². The van der Waals surface area contributed by atoms with Crippen LogP contribution in [0.3, 0.4) is 0 Å². The van der Waals surface area contributed by atoms with Crippen LogP contribution < -0.4 is 0 Å². The molecular weight excluding hydrogens is 585 g/mol. The molecule has 0 saturated heterocycles. The number of fused-ring (bicyclic) bond motifs is 6. The summed E-state index contributed by atoms with van der Waals surface area (Å²) in [5, 5.41) is 25.2. The normalized spacial score (nSPS) is 11.3. The molecule has 48 heavy (non-hydrogen) atoms. The molecule has 222 valence electrons. The maximum Gasteiger partial charge on any atom is 0.101 e. The number of nitriles is 2. The molecule has 2 heterocycles. The second-order valence-corrected chi connectivity index (χ2v) is 12.0. The zero-order chi connectivity index (χ0) is 32.2. The molecule has 4 heteroatoms. The Kier molecular flexibility index (Phi) is 6.22. The summed E-state index contributed by atoms with van der Waals surface area (Å²) in [5.41, 5.74) is 11.2. The lowest BCUT2D eigenvalue weighted by Crippen LogP contribution is -2.01. The molecule has 9 aromatic rings. The van der Waals surface area contributed by atoms with E-state index in [1.165, 1.54) is 0 Å². The van der Waals surface area contributed by atoms with E-state index in [9.17, 15) is 10.5 Å². The Morgan fingerprint density at radius 3 is 1.42 bits per heavy atom. The zero-order valence-electron chi connectivity index (χ0n) is 25.8. The molecular formula is C44H26N4. The van der Waals surface area contributed by atoms with Gasteiger partial charge in [-0.3, -0.25) is 0 Å². The molecule has 0 radical (unpaired) electrons. The van der Waals surface area contributed by atoms with Crippen LogP contribution in [0.1, 0.15) is 11.1 Å². The quantitative estimate of drug-likeness (QED) is 0.199. The summed E-state index contributed by atoms with van der Waals surface area (Å²) >= 11 is 0. The van der Waals surface area contributed by atoms with Crippen LogP contribution in [0.15, 0.2) is 158 Å². The largest absolute Gasteiger partial charge is 0.308 e. The van der Waals surface area contributed by atoms with E-state index in [2.05, 4.69) is 130 Å². The molecule has 0 fully saturated rings. The van der Waals surface area contributed by atoms with Crippen molar-refractivity contribution in [3.8, 4) is 45.8 Å². The number of rotatable bonds is 4. The molecule has 0 aliphatic carbocycles. The average molecular weight is 611 g/mol. The SMILES string of the molecule is N#Cc1ccc(-c2cccc(-c3cccc(C#N)c3-n3c4ccccc4c4ccccc43)c2)cc1-n1c2ccccc2c2ccccc21. The van der Waals surface area contributed by atoms with Crippen molar-refractivity contribution < 1.29 is 0 Å². The highest BCUT2D eigenvalue weighted by molar-refractivity contribution is 6.11. The van der Waals surface area contributed by atoms with Crippen molar-refractivity contribution in [2.75, 3.05) is 0 Å². The topological polar surface area (TPSA) is 57.4 Å². The maximum absolute atomic E-state index is 10.4. The number of hydrogen-bond donors (Lipinski definition) is 0. The van der Waals surface area contributed by atoms with Gasteiger partial charge in [-0.25, -0.2) is 0 Å². The standard InChI is InChI=1S/C44H26N4/c45-27-32-24-23-30(26-43(32)47-39-19-5-1-14-35(39)36-15-2-6-20-40(36)47)29-11-9-12-31(25-29)34-18-10-13-33(28-46)44(34)48-41-21-7-3-16-37(41)38-17-4-8-22-42(38)48/h1-26H. The molecule has 7 aromatic carbocycles. The highest BCUT2D eigenvalue weighted by Crippen LogP contribution is 2.39. The highest BCUT2D eigenvalue weighted by Gasteiger charge is 2.20. The first-order valence-corrected chi connectivity index (χ1v) is 15.9. The summed E-state index contributed by atoms with van der Waals surface area (Å²) in [5.74, 6) is 0. The first kappa shape index (κ1) is 27.4. The van der Waals surface area contributed by atoms with Gasteiger partial charge in [0.1, 0.15) is 12.1 Å². The number of hydrogen-bond acceptors (Lipinski definition) is 2. The molecule has 0 N–H and O–H groups in total. The molecule has 0 aliphatic heterocycles. The predicted octanol–water partition coefficient (Wildman–Crippen LogP) is 11.0. The van der Waals surface area contributed by atoms with Gasteiger partial charge in [-0.05, 0) is 65.2 Å². The third kappa shape index (κ3) is 4.07. The minimum atomic E-state index is 0.608. The van der Waals surface area contributed by atoms with E-state index in [-0.39, 0.29) is 0 Å². The predicted molar refractivity (Wildman–Crippen MR) is 195 cm³/mol. The summed E-state index contributed by atoms with van der Waals surface area (Å²) in [4.78, 5) is 0. The molecule has 0 spiro atoms. The van der Waals surface area contributed by atoms with Gasteiger partial charge in [0.15, 0.2) is 0 Å². The molecule has 0 unspecified atom stereocenters. The van der Waals surface area contributed by atoms with Gasteiger partial charge in [0.05, 0.1) is 44.6 Å². The fourth-order valence-corrected chi connectivity index (χ4v) is 7.31. The van der Waals surface area contributed by atoms with Crippen LogP contribution in [0.2, 0.25) is 0 Å². The fourth-order valence-electron chi connectivity index (χ4n) is 7.31. The van der Waals surface area contributed by atoms with Crippen LogP contribution in [-0.2, 0) is 0 Å². The van der Waals surface area contributed by atoms with E-state index in [1.54, 1.807) is 0 Å². The monoisotopic (exact) mass is 610 g/mol. The molecule has 4 nitrogen and oxygen atoms in total. The van der Waals surface area contributed by atoms with Crippen LogP contribution in [0.5, 0.6) is 0 Å². The van der Waals surface area contributed by atoms with E-state index < -0.39 is 0 Å². The molecule has 2 aromatic heterocycles. The summed E-state index contributed by atoms with van der Waals surface area (Å²) < 4.78 is 4.43. The summed E-state index contributed by atoms with van der Waals surface area (Å²) in [6, 6.07) is 58.8. The van der Waals surface area contributed by atoms with E-state index >= 15 is 0 Å². The zero-order valence-corrected chi connectivity index (χ0v) is 25.8. The Morgan fingerprint density at radius 1 is 0.375 bits per heavy atom. The van der Waals surface area contributed by atoms with Gasteiger partial charge in [0.2, 0.25) is 0 Å². The second-order valence-electron chi connectivity index (χ2n) is 12.0. The Bertz CT molecular complexity index is 2710. The Labute approximate surface area is 277 Å². The molecule has 9 rings (SSSR count). The molecule has 0 atom stereocenters. The lowest BCUT2D eigenvalue weighted by Gasteiger charge is -2.17. The molecule has 0 amide bonds. The second kappa shape index (κ2) is 10.9. The maximum atomic E-state index is 10.4. The highest BCUT2D eigenvalue weighted by atomic mass is 15.0. The number of aromatic nitrogens is 2. The summed E-state index contributed by atoms with van der Waals surface area (Å²) in [7, 11) is 0. The minimum Gasteiger partial charge on any atom is -0.308 e. The van der Waals surface area contributed by atoms with Crippen molar-refractivity contribution in [1.82, 2.24) is 9.13 Å². The van der Waals surface area contributed by atoms with Gasteiger partial charge in [0.25, 0.3) is 0 Å². The number of nitrogens with zero attached hydrogens (tertiary/aromatic N) is 4. The van der Waals surface area contributed by atoms with Crippen molar-refractivity contribution in [1.29, 1.82) is 10.5 Å². The van der Waals surface area contributed by atoms with Crippen LogP contribution in [0.25, 0.3) is 77.2 Å². The lowest BCUT2D eigenvalue weighted by molar-refractivity contribution is 1.17. The lowest BCUT2D eigenvalue weighted by atomic mass is 9.95. The van der Waals surface area contributed by atoms with Gasteiger partial charge in [-0.1, -0.05) is 109 Å². The smallest absolute Gasteiger partial charge is 0.101 e. The summed E-state index contributed by atoms with van der Waals surface area (Å²) in [6.45, 7) is 0. The van der Waals surface area contributed by atoms with Crippen molar-refractivity contribution in [2.24, 2.45) is 0 Å². The third-order valence-electron chi connectivity index (χ3n) is 9.41. The number of benzene rings is 7. The van der Waals surface area contributed by atoms with E-state index in [4.69, 9.17) is 0 Å². The van der Waals surface area contributed by atoms with Gasteiger partial charge in [0, 0.05) is 27.1 Å². The Balaban J connectivity index is 1.26. The fraction of sp³-hybridized carbons (Fsp3) is 0. The molecule has 0 bridgehead atoms. The number of para-hydroxylation sites is 5. The minimum absolute atomic E-state index is 0.608. The van der Waals surface area contributed by atoms with Crippen LogP contribution >= 0.6 is 0 Å². The molecule has 0 aliphatic rings. The Morgan fingerprint density at radius 2 is 0.854 bits per heavy atom. The van der Waals surface area contributed by atoms with Crippen molar-refractivity contribution in [3.05, 3.63) is 169 Å². The van der Waals surface area contributed by atoms with Gasteiger partial charge >= 0.3 is 0 Å². The van der Waals surface area contributed by atoms with Gasteiger partial charge < -0.3 is 9.13 Å². The van der Waals surface area contributed by atoms with Crippen molar-refractivity contribution in [2.45, 2.75) is 0 Å². The first-order valence-electron chi connectivity index (χ1n) is 15.9. The van der Waals surface area contributed by atoms with Gasteiger partial charge in [-0.15, -0.1) is 0 Å². The van der Waals surface area contributed by atoms with Crippen molar-refractivity contribution >= 4 is 43.6 Å². The van der Waals surface area contributed by atoms with Crippen molar-refractivity contribution in [3.63, 3.8) is 0 Å². The van der Waals surface area contributed by atoms with E-state index in [0.29, 0.717) is 11.1 Å². The van der Waals surface area contributed by atoms with E-state index in [1.807, 2.05) is 48.5 Å². The molecule has 0 saturated carbocycles. The van der Waals surface area contributed by atoms with Gasteiger partial charge in [-0.2, -0.15) is 10.5 Å². The van der Waals surface area contributed by atoms with E-state index in [0.717, 1.165) is 77.2 Å². The Hall–Kier alpha value is -6.88.